The Morgan fingerprint density at radius 1 is 1.41 bits per heavy atom. The van der Waals surface area contributed by atoms with E-state index in [-0.39, 0.29) is 6.54 Å². The fourth-order valence-electron chi connectivity index (χ4n) is 1.78. The summed E-state index contributed by atoms with van der Waals surface area (Å²) in [5.74, 6) is -1.69. The summed E-state index contributed by atoms with van der Waals surface area (Å²) in [6, 6.07) is -1.28. The van der Waals surface area contributed by atoms with Gasteiger partial charge in [0, 0.05) is 19.8 Å². The summed E-state index contributed by atoms with van der Waals surface area (Å²) in [4.78, 5) is 22.7. The number of nitrogens with one attached hydrogen (secondary N) is 1. The van der Waals surface area contributed by atoms with E-state index in [2.05, 4.69) is 5.32 Å². The van der Waals surface area contributed by atoms with Crippen LogP contribution in [0.25, 0.3) is 0 Å². The summed E-state index contributed by atoms with van der Waals surface area (Å²) >= 11 is 0. The molecule has 1 saturated heterocycles. The van der Waals surface area contributed by atoms with Gasteiger partial charge >= 0.3 is 5.97 Å². The third kappa shape index (κ3) is 3.15. The van der Waals surface area contributed by atoms with Crippen LogP contribution >= 0.6 is 0 Å². The minimum atomic E-state index is -1.28. The highest BCUT2D eigenvalue weighted by molar-refractivity contribution is 5.87. The van der Waals surface area contributed by atoms with E-state index in [1.165, 1.54) is 0 Å². The van der Waals surface area contributed by atoms with E-state index in [1.807, 2.05) is 0 Å². The number of carboxylic acid groups (broad SMARTS) is 1. The van der Waals surface area contributed by atoms with Crippen molar-refractivity contribution < 1.29 is 24.5 Å². The molecule has 5 N–H and O–H groups in total. The quantitative estimate of drug-likeness (QED) is 0.459. The summed E-state index contributed by atoms with van der Waals surface area (Å²) in [5, 5.41) is 19.9. The monoisotopic (exact) mass is 246 g/mol. The molecule has 98 valence electrons. The van der Waals surface area contributed by atoms with E-state index in [0.29, 0.717) is 26.1 Å². The van der Waals surface area contributed by atoms with E-state index in [9.17, 15) is 9.59 Å². The van der Waals surface area contributed by atoms with E-state index >= 15 is 0 Å². The smallest absolute Gasteiger partial charge is 0.328 e. The molecule has 0 aromatic heterocycles. The van der Waals surface area contributed by atoms with Crippen molar-refractivity contribution >= 4 is 11.9 Å². The number of aliphatic hydroxyl groups is 1. The van der Waals surface area contributed by atoms with Crippen LogP contribution in [-0.2, 0) is 14.3 Å². The summed E-state index contributed by atoms with van der Waals surface area (Å²) in [6.07, 6.45) is 0.931. The molecule has 1 atom stereocenters. The molecule has 0 radical (unpaired) electrons. The van der Waals surface area contributed by atoms with Crippen LogP contribution in [0.2, 0.25) is 0 Å². The van der Waals surface area contributed by atoms with Crippen LogP contribution in [0.3, 0.4) is 0 Å². The molecule has 0 aromatic carbocycles. The van der Waals surface area contributed by atoms with Crippen LogP contribution in [0.15, 0.2) is 0 Å². The number of ether oxygens (including phenoxy) is 1. The van der Waals surface area contributed by atoms with E-state index < -0.39 is 29.9 Å². The summed E-state index contributed by atoms with van der Waals surface area (Å²) in [5.41, 5.74) is 4.83. The normalized spacial score (nSPS) is 20.6. The van der Waals surface area contributed by atoms with Crippen molar-refractivity contribution in [3.63, 3.8) is 0 Å². The van der Waals surface area contributed by atoms with Gasteiger partial charge in [-0.2, -0.15) is 0 Å². The Morgan fingerprint density at radius 2 is 2.00 bits per heavy atom. The van der Waals surface area contributed by atoms with Crippen molar-refractivity contribution in [2.75, 3.05) is 26.4 Å². The molecule has 0 unspecified atom stereocenters. The van der Waals surface area contributed by atoms with Crippen molar-refractivity contribution in [2.45, 2.75) is 18.9 Å². The van der Waals surface area contributed by atoms with Gasteiger partial charge in [0.25, 0.3) is 0 Å². The average Bonchev–Trinajstić information content (AvgIpc) is 2.35. The Hall–Kier alpha value is -1.18. The molecule has 17 heavy (non-hydrogen) atoms. The molecule has 1 aliphatic heterocycles. The van der Waals surface area contributed by atoms with Gasteiger partial charge in [-0.1, -0.05) is 0 Å². The molecule has 0 bridgehead atoms. The highest BCUT2D eigenvalue weighted by Crippen LogP contribution is 2.29. The van der Waals surface area contributed by atoms with Gasteiger partial charge in [-0.3, -0.25) is 4.79 Å². The minimum Gasteiger partial charge on any atom is -0.480 e. The Balaban J connectivity index is 2.68. The fraction of sp³-hybridized carbons (Fsp3) is 0.800. The molecule has 7 heteroatoms. The molecular formula is C10H18N2O5. The highest BCUT2D eigenvalue weighted by atomic mass is 16.5. The Morgan fingerprint density at radius 3 is 2.41 bits per heavy atom. The van der Waals surface area contributed by atoms with Gasteiger partial charge in [-0.15, -0.1) is 0 Å². The van der Waals surface area contributed by atoms with Crippen molar-refractivity contribution in [1.29, 1.82) is 0 Å². The predicted molar refractivity (Wildman–Crippen MR) is 58.2 cm³/mol. The number of carboxylic acids is 1. The third-order valence-corrected chi connectivity index (χ3v) is 3.11. The number of carbonyl (C=O) groups excluding carboxylic acids is 1. The van der Waals surface area contributed by atoms with Gasteiger partial charge in [-0.25, -0.2) is 4.79 Å². The maximum Gasteiger partial charge on any atom is 0.328 e. The van der Waals surface area contributed by atoms with Gasteiger partial charge in [0.15, 0.2) is 0 Å². The highest BCUT2D eigenvalue weighted by Gasteiger charge is 2.40. The second kappa shape index (κ2) is 5.95. The van der Waals surface area contributed by atoms with Crippen molar-refractivity contribution in [1.82, 2.24) is 5.32 Å². The van der Waals surface area contributed by atoms with E-state index in [0.717, 1.165) is 0 Å². The SMILES string of the molecule is NCC1(C(=O)N[C@@H](CO)C(=O)O)CCOCC1. The lowest BCUT2D eigenvalue weighted by Crippen LogP contribution is -2.54. The molecule has 7 nitrogen and oxygen atoms in total. The lowest BCUT2D eigenvalue weighted by atomic mass is 9.79. The number of nitrogens with two attached hydrogens (primary N) is 1. The van der Waals surface area contributed by atoms with Crippen LogP contribution in [0.1, 0.15) is 12.8 Å². The summed E-state index contributed by atoms with van der Waals surface area (Å²) < 4.78 is 5.15. The van der Waals surface area contributed by atoms with E-state index in [4.69, 9.17) is 20.7 Å². The number of aliphatic carboxylic acids is 1. The van der Waals surface area contributed by atoms with Gasteiger partial charge in [0.1, 0.15) is 6.04 Å². The van der Waals surface area contributed by atoms with Gasteiger partial charge in [0.2, 0.25) is 5.91 Å². The van der Waals surface area contributed by atoms with Gasteiger partial charge in [0.05, 0.1) is 12.0 Å². The lowest BCUT2D eigenvalue weighted by Gasteiger charge is -2.35. The summed E-state index contributed by atoms with van der Waals surface area (Å²) in [7, 11) is 0. The standard InChI is InChI=1S/C10H18N2O5/c11-6-10(1-3-17-4-2-10)9(16)12-7(5-13)8(14)15/h7,13H,1-6,11H2,(H,12,16)(H,14,15)/t7-/m0/s1. The first-order valence-electron chi connectivity index (χ1n) is 5.48. The molecule has 1 heterocycles. The Bertz CT molecular complexity index is 288. The van der Waals surface area contributed by atoms with Crippen LogP contribution in [0.5, 0.6) is 0 Å². The third-order valence-electron chi connectivity index (χ3n) is 3.11. The van der Waals surface area contributed by atoms with Crippen molar-refractivity contribution in [3.8, 4) is 0 Å². The van der Waals surface area contributed by atoms with Crippen molar-refractivity contribution in [3.05, 3.63) is 0 Å². The average molecular weight is 246 g/mol. The van der Waals surface area contributed by atoms with Crippen LogP contribution in [-0.4, -0.2) is 54.5 Å². The van der Waals surface area contributed by atoms with E-state index in [1.54, 1.807) is 0 Å². The molecular weight excluding hydrogens is 228 g/mol. The molecule has 1 fully saturated rings. The zero-order valence-corrected chi connectivity index (χ0v) is 9.52. The zero-order chi connectivity index (χ0) is 12.9. The second-order valence-electron chi connectivity index (χ2n) is 4.14. The fourth-order valence-corrected chi connectivity index (χ4v) is 1.78. The zero-order valence-electron chi connectivity index (χ0n) is 9.52. The Kier molecular flexibility index (Phi) is 4.86. The second-order valence-corrected chi connectivity index (χ2v) is 4.14. The Labute approximate surface area is 98.9 Å². The van der Waals surface area contributed by atoms with Gasteiger partial charge in [-0.05, 0) is 12.8 Å². The first-order chi connectivity index (χ1) is 8.05. The van der Waals surface area contributed by atoms with Gasteiger partial charge < -0.3 is 26.0 Å². The first kappa shape index (κ1) is 13.9. The largest absolute Gasteiger partial charge is 0.480 e. The predicted octanol–water partition coefficient (Wildman–Crippen LogP) is -1.70. The minimum absolute atomic E-state index is 0.139. The number of hydrogen-bond donors (Lipinski definition) is 4. The van der Waals surface area contributed by atoms with Crippen LogP contribution in [0, 0.1) is 5.41 Å². The van der Waals surface area contributed by atoms with Crippen LogP contribution in [0.4, 0.5) is 0 Å². The summed E-state index contributed by atoms with van der Waals surface area (Å²) in [6.45, 7) is 0.362. The first-order valence-corrected chi connectivity index (χ1v) is 5.48. The molecule has 1 rings (SSSR count). The number of hydrogen-bond acceptors (Lipinski definition) is 5. The lowest BCUT2D eigenvalue weighted by molar-refractivity contribution is -0.146. The van der Waals surface area contributed by atoms with Crippen LogP contribution < -0.4 is 11.1 Å². The number of carbonyl (C=O) groups is 2. The molecule has 0 spiro atoms. The molecule has 0 aromatic rings. The number of aliphatic hydroxyl groups excluding tert-OH is 1. The maximum absolute atomic E-state index is 12.0. The number of rotatable bonds is 5. The van der Waals surface area contributed by atoms with Crippen molar-refractivity contribution in [2.24, 2.45) is 11.1 Å². The maximum atomic E-state index is 12.0. The topological polar surface area (TPSA) is 122 Å². The molecule has 1 amide bonds. The molecule has 1 aliphatic rings. The molecule has 0 saturated carbocycles. The number of amides is 1. The molecule has 0 aliphatic carbocycles.